The molecule has 1 aliphatic heterocycles. The summed E-state index contributed by atoms with van der Waals surface area (Å²) in [4.78, 5) is 0. The standard InChI is InChI=1S/C11H14N4/c1-7-4-5-13-11-9-3-2-8(12)6-10(9)14-15(7)11/h2-3,6-7,13H,4-5,12H2,1H3. The maximum Gasteiger partial charge on any atom is 0.132 e. The van der Waals surface area contributed by atoms with Crippen LogP contribution < -0.4 is 11.1 Å². The van der Waals surface area contributed by atoms with E-state index in [4.69, 9.17) is 5.73 Å². The van der Waals surface area contributed by atoms with Crippen LogP contribution >= 0.6 is 0 Å². The third kappa shape index (κ3) is 1.17. The maximum absolute atomic E-state index is 5.75. The predicted molar refractivity (Wildman–Crippen MR) is 62.0 cm³/mol. The molecule has 4 heteroatoms. The number of nitrogens with zero attached hydrogens (tertiary/aromatic N) is 2. The minimum atomic E-state index is 0.467. The molecule has 0 spiro atoms. The van der Waals surface area contributed by atoms with E-state index in [1.54, 1.807) is 0 Å². The predicted octanol–water partition coefficient (Wildman–Crippen LogP) is 2.00. The molecule has 4 nitrogen and oxygen atoms in total. The molecule has 0 aliphatic carbocycles. The zero-order chi connectivity index (χ0) is 10.4. The summed E-state index contributed by atoms with van der Waals surface area (Å²) in [6, 6.07) is 6.35. The number of nitrogens with two attached hydrogens (primary N) is 1. The van der Waals surface area contributed by atoms with Gasteiger partial charge in [-0.25, -0.2) is 4.68 Å². The Hall–Kier alpha value is -1.71. The van der Waals surface area contributed by atoms with Gasteiger partial charge in [-0.15, -0.1) is 0 Å². The summed E-state index contributed by atoms with van der Waals surface area (Å²) in [5.74, 6) is 1.13. The third-order valence-electron chi connectivity index (χ3n) is 2.99. The lowest BCUT2D eigenvalue weighted by atomic mass is 10.2. The quantitative estimate of drug-likeness (QED) is 0.642. The van der Waals surface area contributed by atoms with Crippen LogP contribution in [0.5, 0.6) is 0 Å². The topological polar surface area (TPSA) is 55.9 Å². The van der Waals surface area contributed by atoms with Gasteiger partial charge in [-0.3, -0.25) is 0 Å². The normalized spacial score (nSPS) is 19.9. The summed E-state index contributed by atoms with van der Waals surface area (Å²) in [6.07, 6.45) is 1.12. The lowest BCUT2D eigenvalue weighted by molar-refractivity contribution is 0.456. The van der Waals surface area contributed by atoms with Crippen molar-refractivity contribution in [2.24, 2.45) is 0 Å². The Labute approximate surface area is 88.1 Å². The number of nitrogens with one attached hydrogen (secondary N) is 1. The first-order chi connectivity index (χ1) is 7.25. The molecule has 0 amide bonds. The maximum atomic E-state index is 5.75. The van der Waals surface area contributed by atoms with Crippen LogP contribution in [0.15, 0.2) is 18.2 Å². The van der Waals surface area contributed by atoms with E-state index < -0.39 is 0 Å². The molecular weight excluding hydrogens is 188 g/mol. The van der Waals surface area contributed by atoms with Crippen molar-refractivity contribution < 1.29 is 0 Å². The molecule has 0 fully saturated rings. The molecule has 0 saturated heterocycles. The van der Waals surface area contributed by atoms with Gasteiger partial charge in [-0.1, -0.05) is 0 Å². The molecule has 1 atom stereocenters. The number of fused-ring (bicyclic) bond motifs is 3. The van der Waals surface area contributed by atoms with Crippen LogP contribution in [0, 0.1) is 0 Å². The van der Waals surface area contributed by atoms with Gasteiger partial charge in [0.05, 0.1) is 11.6 Å². The second kappa shape index (κ2) is 2.89. The van der Waals surface area contributed by atoms with Crippen LogP contribution in [0.1, 0.15) is 19.4 Å². The molecule has 3 rings (SSSR count). The van der Waals surface area contributed by atoms with E-state index in [2.05, 4.69) is 22.0 Å². The molecule has 1 unspecified atom stereocenters. The fraction of sp³-hybridized carbons (Fsp3) is 0.364. The summed E-state index contributed by atoms with van der Waals surface area (Å²) < 4.78 is 2.06. The van der Waals surface area contributed by atoms with Crippen molar-refractivity contribution in [2.45, 2.75) is 19.4 Å². The second-order valence-corrected chi connectivity index (χ2v) is 4.13. The number of anilines is 2. The van der Waals surface area contributed by atoms with Gasteiger partial charge < -0.3 is 11.1 Å². The minimum Gasteiger partial charge on any atom is -0.399 e. The van der Waals surface area contributed by atoms with E-state index in [1.165, 1.54) is 0 Å². The van der Waals surface area contributed by atoms with Crippen molar-refractivity contribution in [3.63, 3.8) is 0 Å². The SMILES string of the molecule is CC1CCNc2c3ccc(N)cc3nn21. The lowest BCUT2D eigenvalue weighted by Gasteiger charge is -2.22. The summed E-state index contributed by atoms with van der Waals surface area (Å²) in [7, 11) is 0. The van der Waals surface area contributed by atoms with Crippen molar-refractivity contribution in [1.82, 2.24) is 9.78 Å². The molecule has 1 aromatic carbocycles. The molecule has 0 radical (unpaired) electrons. The molecule has 15 heavy (non-hydrogen) atoms. The second-order valence-electron chi connectivity index (χ2n) is 4.13. The van der Waals surface area contributed by atoms with E-state index in [-0.39, 0.29) is 0 Å². The summed E-state index contributed by atoms with van der Waals surface area (Å²) in [5, 5.41) is 9.13. The van der Waals surface area contributed by atoms with E-state index in [1.807, 2.05) is 18.2 Å². The van der Waals surface area contributed by atoms with E-state index in [0.29, 0.717) is 6.04 Å². The van der Waals surface area contributed by atoms with Gasteiger partial charge in [0.25, 0.3) is 0 Å². The first-order valence-electron chi connectivity index (χ1n) is 5.27. The van der Waals surface area contributed by atoms with Gasteiger partial charge in [0.15, 0.2) is 0 Å². The van der Waals surface area contributed by atoms with Gasteiger partial charge in [0.1, 0.15) is 5.82 Å². The first kappa shape index (κ1) is 8.59. The molecule has 78 valence electrons. The average Bonchev–Trinajstić information content (AvgIpc) is 2.57. The van der Waals surface area contributed by atoms with Gasteiger partial charge >= 0.3 is 0 Å². The third-order valence-corrected chi connectivity index (χ3v) is 2.99. The molecule has 1 aliphatic rings. The van der Waals surface area contributed by atoms with Crippen molar-refractivity contribution in [3.05, 3.63) is 18.2 Å². The Balaban J connectivity index is 2.30. The Morgan fingerprint density at radius 2 is 2.40 bits per heavy atom. The number of rotatable bonds is 0. The Bertz CT molecular complexity index is 515. The molecule has 2 aromatic rings. The van der Waals surface area contributed by atoms with Crippen molar-refractivity contribution in [1.29, 1.82) is 0 Å². The zero-order valence-electron chi connectivity index (χ0n) is 8.70. The summed E-state index contributed by atoms with van der Waals surface area (Å²) in [6.45, 7) is 3.21. The van der Waals surface area contributed by atoms with Crippen LogP contribution in [0.4, 0.5) is 11.5 Å². The molecule has 1 aromatic heterocycles. The lowest BCUT2D eigenvalue weighted by Crippen LogP contribution is -2.21. The van der Waals surface area contributed by atoms with Gasteiger partial charge in [-0.2, -0.15) is 5.10 Å². The Morgan fingerprint density at radius 1 is 1.53 bits per heavy atom. The monoisotopic (exact) mass is 202 g/mol. The number of aromatic nitrogens is 2. The fourth-order valence-corrected chi connectivity index (χ4v) is 2.14. The van der Waals surface area contributed by atoms with E-state index >= 15 is 0 Å². The smallest absolute Gasteiger partial charge is 0.132 e. The highest BCUT2D eigenvalue weighted by Gasteiger charge is 2.19. The van der Waals surface area contributed by atoms with E-state index in [9.17, 15) is 0 Å². The molecule has 2 heterocycles. The average molecular weight is 202 g/mol. The van der Waals surface area contributed by atoms with Crippen LogP contribution in [0.2, 0.25) is 0 Å². The Kier molecular flexibility index (Phi) is 1.65. The largest absolute Gasteiger partial charge is 0.399 e. The van der Waals surface area contributed by atoms with Crippen LogP contribution in [0.25, 0.3) is 10.9 Å². The first-order valence-corrected chi connectivity index (χ1v) is 5.27. The van der Waals surface area contributed by atoms with Crippen molar-refractivity contribution in [3.8, 4) is 0 Å². The van der Waals surface area contributed by atoms with Gasteiger partial charge in [0, 0.05) is 17.6 Å². The number of hydrogen-bond acceptors (Lipinski definition) is 3. The molecule has 0 saturated carbocycles. The Morgan fingerprint density at radius 3 is 3.27 bits per heavy atom. The zero-order valence-corrected chi connectivity index (χ0v) is 8.70. The van der Waals surface area contributed by atoms with Crippen molar-refractivity contribution >= 4 is 22.4 Å². The van der Waals surface area contributed by atoms with Crippen LogP contribution in [0.3, 0.4) is 0 Å². The highest BCUT2D eigenvalue weighted by molar-refractivity contribution is 5.92. The number of hydrogen-bond donors (Lipinski definition) is 2. The van der Waals surface area contributed by atoms with Crippen LogP contribution in [-0.4, -0.2) is 16.3 Å². The summed E-state index contributed by atoms with van der Waals surface area (Å²) >= 11 is 0. The highest BCUT2D eigenvalue weighted by Crippen LogP contribution is 2.31. The summed E-state index contributed by atoms with van der Waals surface area (Å²) in [5.41, 5.74) is 7.49. The molecule has 3 N–H and O–H groups in total. The van der Waals surface area contributed by atoms with Gasteiger partial charge in [-0.05, 0) is 31.5 Å². The molecular formula is C11H14N4. The highest BCUT2D eigenvalue weighted by atomic mass is 15.4. The fourth-order valence-electron chi connectivity index (χ4n) is 2.14. The minimum absolute atomic E-state index is 0.467. The molecule has 0 bridgehead atoms. The van der Waals surface area contributed by atoms with Gasteiger partial charge in [0.2, 0.25) is 0 Å². The van der Waals surface area contributed by atoms with Crippen molar-refractivity contribution in [2.75, 3.05) is 17.6 Å². The number of benzene rings is 1. The van der Waals surface area contributed by atoms with E-state index in [0.717, 1.165) is 35.4 Å². The number of nitrogen functional groups attached to an aromatic ring is 1. The van der Waals surface area contributed by atoms with Crippen LogP contribution in [-0.2, 0) is 0 Å².